The van der Waals surface area contributed by atoms with Crippen molar-refractivity contribution >= 4 is 34.7 Å². The van der Waals surface area contributed by atoms with Gasteiger partial charge in [0.1, 0.15) is 6.10 Å². The van der Waals surface area contributed by atoms with Crippen molar-refractivity contribution in [3.63, 3.8) is 0 Å². The van der Waals surface area contributed by atoms with Crippen LogP contribution in [0.3, 0.4) is 0 Å². The molecule has 216 valence electrons. The summed E-state index contributed by atoms with van der Waals surface area (Å²) < 4.78 is 28.2. The number of nitrogens with zero attached hydrogens (tertiary/aromatic N) is 1. The highest BCUT2D eigenvalue weighted by molar-refractivity contribution is 6.77. The van der Waals surface area contributed by atoms with Gasteiger partial charge in [0.05, 0.1) is 25.9 Å². The summed E-state index contributed by atoms with van der Waals surface area (Å²) in [6.07, 6.45) is 2.21. The van der Waals surface area contributed by atoms with Crippen LogP contribution in [0.5, 0.6) is 0 Å². The fraction of sp³-hybridized carbons (Fsp3) is 1.00. The van der Waals surface area contributed by atoms with E-state index >= 15 is 0 Å². The third-order valence-corrected chi connectivity index (χ3v) is 15.8. The van der Waals surface area contributed by atoms with Crippen LogP contribution < -0.4 is 0 Å². The average molecular weight is 574 g/mol. The van der Waals surface area contributed by atoms with Crippen LogP contribution in [0.25, 0.3) is 0 Å². The lowest BCUT2D eigenvalue weighted by atomic mass is 10.3. The zero-order valence-corrected chi connectivity index (χ0v) is 27.6. The highest BCUT2D eigenvalue weighted by Gasteiger charge is 2.22. The van der Waals surface area contributed by atoms with E-state index < -0.39 is 34.7 Å². The Bertz CT molecular complexity index is 474. The monoisotopic (exact) mass is 573 g/mol. The van der Waals surface area contributed by atoms with E-state index in [4.69, 9.17) is 22.4 Å². The third kappa shape index (κ3) is 32.6. The largest absolute Gasteiger partial charge is 0.458 e. The molecular formula is C24H63NO6Si4. The Morgan fingerprint density at radius 1 is 0.886 bits per heavy atom. The smallest absolute Gasteiger partial charge is 0.170 e. The Kier molecular flexibility index (Phi) is 24.6. The van der Waals surface area contributed by atoms with Crippen molar-refractivity contribution in [3.05, 3.63) is 0 Å². The van der Waals surface area contributed by atoms with Crippen LogP contribution in [0.2, 0.25) is 64.5 Å². The molecule has 1 N–H and O–H groups in total. The zero-order chi connectivity index (χ0) is 25.5. The van der Waals surface area contributed by atoms with Gasteiger partial charge in [-0.3, -0.25) is 0 Å². The molecule has 0 aliphatic carbocycles. The number of hydrogen-bond acceptors (Lipinski definition) is 7. The molecule has 0 spiro atoms. The van der Waals surface area contributed by atoms with Crippen molar-refractivity contribution < 1.29 is 27.5 Å². The lowest BCUT2D eigenvalue weighted by Crippen LogP contribution is -2.33. The average Bonchev–Trinajstić information content (AvgIpc) is 3.42. The second-order valence-electron chi connectivity index (χ2n) is 11.4. The van der Waals surface area contributed by atoms with Crippen LogP contribution >= 0.6 is 0 Å². The van der Waals surface area contributed by atoms with Crippen molar-refractivity contribution in [1.82, 2.24) is 4.90 Å². The third-order valence-electron chi connectivity index (χ3n) is 4.50. The summed E-state index contributed by atoms with van der Waals surface area (Å²) in [5.41, 5.74) is 0. The second kappa shape index (κ2) is 21.5. The van der Waals surface area contributed by atoms with E-state index in [-0.39, 0.29) is 21.0 Å². The molecule has 1 heterocycles. The van der Waals surface area contributed by atoms with E-state index in [0.29, 0.717) is 19.3 Å². The summed E-state index contributed by atoms with van der Waals surface area (Å²) in [7, 11) is -0.683. The standard InChI is InChI=1S/C12H31NO3Si2.C10H24O3Si2.2CH4/c1-13(2)10-12(14)11-15-8-7-9-17(3)16-18(4,5)6;1-14(13-15(2,3)4)7-5-6-11-8-10-9-12-10;;/h12,14,17H,7-11H2,1-6H3;10,14H,5-9H2,1-4H3;2*1H4. The Morgan fingerprint density at radius 3 is 1.69 bits per heavy atom. The lowest BCUT2D eigenvalue weighted by Gasteiger charge is -2.23. The van der Waals surface area contributed by atoms with E-state index in [9.17, 15) is 5.11 Å². The van der Waals surface area contributed by atoms with Gasteiger partial charge in [0, 0.05) is 19.8 Å². The van der Waals surface area contributed by atoms with Crippen molar-refractivity contribution in [2.45, 2.75) is 104 Å². The summed E-state index contributed by atoms with van der Waals surface area (Å²) >= 11 is 0. The minimum absolute atomic E-state index is 0. The van der Waals surface area contributed by atoms with Crippen molar-refractivity contribution in [3.8, 4) is 0 Å². The summed E-state index contributed by atoms with van der Waals surface area (Å²) in [6.45, 7) is 22.4. The SMILES string of the molecule is C.C.CN(C)CC(O)COCCC[SiH](C)O[Si](C)(C)C.C[SiH](CCCOCC1CO1)O[Si](C)(C)C. The van der Waals surface area contributed by atoms with Gasteiger partial charge in [0.25, 0.3) is 0 Å². The maximum absolute atomic E-state index is 9.60. The van der Waals surface area contributed by atoms with E-state index in [1.165, 1.54) is 6.04 Å². The Balaban J connectivity index is -0.000000560. The van der Waals surface area contributed by atoms with Crippen LogP contribution in [0.1, 0.15) is 27.7 Å². The van der Waals surface area contributed by atoms with E-state index in [2.05, 4.69) is 52.4 Å². The molecule has 35 heavy (non-hydrogen) atoms. The molecule has 7 nitrogen and oxygen atoms in total. The molecule has 4 atom stereocenters. The maximum atomic E-state index is 9.60. The number of hydrogen-bond donors (Lipinski definition) is 1. The van der Waals surface area contributed by atoms with Gasteiger partial charge in [-0.15, -0.1) is 0 Å². The molecule has 0 aromatic rings. The minimum atomic E-state index is -1.35. The van der Waals surface area contributed by atoms with Crippen LogP contribution in [0.15, 0.2) is 0 Å². The highest BCUT2D eigenvalue weighted by Crippen LogP contribution is 2.12. The molecule has 0 bridgehead atoms. The normalized spacial score (nSPS) is 18.0. The molecular weight excluding hydrogens is 511 g/mol. The molecule has 0 radical (unpaired) electrons. The van der Waals surface area contributed by atoms with E-state index in [1.54, 1.807) is 0 Å². The molecule has 0 amide bonds. The Labute approximate surface area is 224 Å². The molecule has 1 aliphatic rings. The molecule has 1 aliphatic heterocycles. The zero-order valence-electron chi connectivity index (χ0n) is 23.3. The summed E-state index contributed by atoms with van der Waals surface area (Å²) in [5.74, 6) is 0. The molecule has 1 saturated heterocycles. The first-order valence-electron chi connectivity index (χ1n) is 12.6. The fourth-order valence-electron chi connectivity index (χ4n) is 3.34. The van der Waals surface area contributed by atoms with Gasteiger partial charge in [-0.1, -0.05) is 14.9 Å². The minimum Gasteiger partial charge on any atom is -0.458 e. The number of aliphatic hydroxyl groups is 1. The van der Waals surface area contributed by atoms with Gasteiger partial charge in [-0.05, 0) is 91.4 Å². The first-order chi connectivity index (χ1) is 15.2. The van der Waals surface area contributed by atoms with E-state index in [1.807, 2.05) is 19.0 Å². The fourth-order valence-corrected chi connectivity index (χ4v) is 15.4. The number of likely N-dealkylation sites (N-methyl/N-ethyl adjacent to an activating group) is 1. The summed E-state index contributed by atoms with van der Waals surface area (Å²) in [4.78, 5) is 1.96. The van der Waals surface area contributed by atoms with Gasteiger partial charge in [0.2, 0.25) is 0 Å². The first kappa shape index (κ1) is 40.1. The number of epoxide rings is 1. The highest BCUT2D eigenvalue weighted by atomic mass is 28.4. The maximum Gasteiger partial charge on any atom is 0.170 e. The summed E-state index contributed by atoms with van der Waals surface area (Å²) in [5, 5.41) is 9.60. The van der Waals surface area contributed by atoms with Gasteiger partial charge in [-0.25, -0.2) is 0 Å². The molecule has 1 fully saturated rings. The van der Waals surface area contributed by atoms with Crippen LogP contribution in [0.4, 0.5) is 0 Å². The predicted octanol–water partition coefficient (Wildman–Crippen LogP) is 4.79. The van der Waals surface area contributed by atoms with Crippen molar-refractivity contribution in [1.29, 1.82) is 0 Å². The second-order valence-corrected chi connectivity index (χ2v) is 26.1. The van der Waals surface area contributed by atoms with Crippen molar-refractivity contribution in [2.75, 3.05) is 53.7 Å². The topological polar surface area (TPSA) is 72.9 Å². The van der Waals surface area contributed by atoms with Gasteiger partial charge >= 0.3 is 0 Å². The molecule has 4 unspecified atom stereocenters. The molecule has 0 saturated carbocycles. The molecule has 0 aromatic heterocycles. The van der Waals surface area contributed by atoms with Crippen LogP contribution in [-0.4, -0.2) is 111 Å². The number of aliphatic hydroxyl groups excluding tert-OH is 1. The van der Waals surface area contributed by atoms with Gasteiger partial charge in [-0.2, -0.15) is 0 Å². The van der Waals surface area contributed by atoms with Gasteiger partial charge < -0.3 is 32.4 Å². The Morgan fingerprint density at radius 2 is 1.31 bits per heavy atom. The number of ether oxygens (including phenoxy) is 3. The lowest BCUT2D eigenvalue weighted by molar-refractivity contribution is 0.0244. The molecule has 0 aromatic carbocycles. The summed E-state index contributed by atoms with van der Waals surface area (Å²) in [6, 6.07) is 2.39. The van der Waals surface area contributed by atoms with Crippen LogP contribution in [-0.2, 0) is 22.4 Å². The molecule has 11 heteroatoms. The van der Waals surface area contributed by atoms with Gasteiger partial charge in [0.15, 0.2) is 34.7 Å². The predicted molar refractivity (Wildman–Crippen MR) is 163 cm³/mol. The van der Waals surface area contributed by atoms with Crippen LogP contribution in [0, 0.1) is 0 Å². The molecule has 1 rings (SSSR count). The Hall–Kier alpha value is 0.588. The number of rotatable bonds is 18. The first-order valence-corrected chi connectivity index (χ1v) is 24.3. The van der Waals surface area contributed by atoms with Crippen molar-refractivity contribution in [2.24, 2.45) is 0 Å². The quantitative estimate of drug-likeness (QED) is 0.144. The van der Waals surface area contributed by atoms with E-state index in [0.717, 1.165) is 45.3 Å².